The molecule has 3 rings (SSSR count). The first-order valence-corrected chi connectivity index (χ1v) is 7.98. The third-order valence-electron chi connectivity index (χ3n) is 4.41. The topological polar surface area (TPSA) is 81.4 Å². The zero-order valence-corrected chi connectivity index (χ0v) is 12.6. The average Bonchev–Trinajstić information content (AvgIpc) is 3.34. The standard InChI is InChI=1S/C17H22N2O3/c18-16(20)11-3-7-14(8-4-11)22-15-9-5-13(6-10-15)19-17(21)12-1-2-12/h3-4,7-8,12-13,15H,1-2,5-6,9-10H2,(H2,18,20)(H,19,21). The van der Waals surface area contributed by atoms with Crippen LogP contribution in [0.15, 0.2) is 24.3 Å². The Morgan fingerprint density at radius 3 is 2.18 bits per heavy atom. The van der Waals surface area contributed by atoms with Crippen LogP contribution in [-0.2, 0) is 4.79 Å². The van der Waals surface area contributed by atoms with Crippen LogP contribution in [0.1, 0.15) is 48.9 Å². The lowest BCUT2D eigenvalue weighted by Crippen LogP contribution is -2.40. The number of carbonyl (C=O) groups excluding carboxylic acids is 2. The maximum absolute atomic E-state index is 11.8. The number of rotatable bonds is 5. The zero-order valence-electron chi connectivity index (χ0n) is 12.6. The molecule has 0 unspecified atom stereocenters. The third-order valence-corrected chi connectivity index (χ3v) is 4.41. The molecule has 0 aliphatic heterocycles. The summed E-state index contributed by atoms with van der Waals surface area (Å²) in [4.78, 5) is 22.8. The second-order valence-electron chi connectivity index (χ2n) is 6.26. The lowest BCUT2D eigenvalue weighted by Gasteiger charge is -2.29. The minimum Gasteiger partial charge on any atom is -0.490 e. The molecule has 0 radical (unpaired) electrons. The van der Waals surface area contributed by atoms with Gasteiger partial charge in [-0.3, -0.25) is 9.59 Å². The van der Waals surface area contributed by atoms with Crippen LogP contribution in [0.3, 0.4) is 0 Å². The van der Waals surface area contributed by atoms with Gasteiger partial charge in [0.15, 0.2) is 0 Å². The first-order chi connectivity index (χ1) is 10.6. The Hall–Kier alpha value is -2.04. The summed E-state index contributed by atoms with van der Waals surface area (Å²) in [6.07, 6.45) is 6.07. The molecule has 1 aromatic carbocycles. The van der Waals surface area contributed by atoms with E-state index in [1.54, 1.807) is 24.3 Å². The normalized spacial score (nSPS) is 24.5. The van der Waals surface area contributed by atoms with E-state index >= 15 is 0 Å². The fraction of sp³-hybridized carbons (Fsp3) is 0.529. The molecule has 0 saturated heterocycles. The van der Waals surface area contributed by atoms with Crippen molar-refractivity contribution in [1.29, 1.82) is 0 Å². The second kappa shape index (κ2) is 6.38. The molecule has 0 bridgehead atoms. The van der Waals surface area contributed by atoms with Gasteiger partial charge in [-0.2, -0.15) is 0 Å². The minimum atomic E-state index is -0.432. The van der Waals surface area contributed by atoms with Gasteiger partial charge in [0.2, 0.25) is 11.8 Å². The van der Waals surface area contributed by atoms with Gasteiger partial charge in [0, 0.05) is 17.5 Å². The number of primary amides is 1. The summed E-state index contributed by atoms with van der Waals surface area (Å²) in [5.41, 5.74) is 5.70. The van der Waals surface area contributed by atoms with Crippen LogP contribution in [0.2, 0.25) is 0 Å². The van der Waals surface area contributed by atoms with Crippen LogP contribution in [0.5, 0.6) is 5.75 Å². The van der Waals surface area contributed by atoms with E-state index in [-0.39, 0.29) is 17.9 Å². The molecule has 2 aliphatic rings. The number of nitrogens with two attached hydrogens (primary N) is 1. The lowest BCUT2D eigenvalue weighted by molar-refractivity contribution is -0.123. The number of hydrogen-bond acceptors (Lipinski definition) is 3. The largest absolute Gasteiger partial charge is 0.490 e. The van der Waals surface area contributed by atoms with Crippen LogP contribution in [0.25, 0.3) is 0 Å². The van der Waals surface area contributed by atoms with Crippen molar-refractivity contribution in [3.63, 3.8) is 0 Å². The molecule has 2 fully saturated rings. The Labute approximate surface area is 130 Å². The van der Waals surface area contributed by atoms with E-state index in [1.165, 1.54) is 0 Å². The molecule has 0 heterocycles. The highest BCUT2D eigenvalue weighted by atomic mass is 16.5. The third kappa shape index (κ3) is 3.78. The van der Waals surface area contributed by atoms with E-state index in [0.29, 0.717) is 11.6 Å². The molecular formula is C17H22N2O3. The quantitative estimate of drug-likeness (QED) is 0.873. The summed E-state index contributed by atoms with van der Waals surface area (Å²) in [7, 11) is 0. The SMILES string of the molecule is NC(=O)c1ccc(OC2CCC(NC(=O)C3CC3)CC2)cc1. The maximum Gasteiger partial charge on any atom is 0.248 e. The monoisotopic (exact) mass is 302 g/mol. The predicted octanol–water partition coefficient (Wildman–Crippen LogP) is 2.00. The van der Waals surface area contributed by atoms with Crippen molar-refractivity contribution in [2.24, 2.45) is 11.7 Å². The van der Waals surface area contributed by atoms with Crippen molar-refractivity contribution < 1.29 is 14.3 Å². The molecule has 22 heavy (non-hydrogen) atoms. The number of ether oxygens (including phenoxy) is 1. The Morgan fingerprint density at radius 2 is 1.64 bits per heavy atom. The maximum atomic E-state index is 11.8. The Morgan fingerprint density at radius 1 is 1.00 bits per heavy atom. The van der Waals surface area contributed by atoms with Crippen LogP contribution < -0.4 is 15.8 Å². The molecule has 2 saturated carbocycles. The summed E-state index contributed by atoms with van der Waals surface area (Å²) in [5.74, 6) is 0.832. The van der Waals surface area contributed by atoms with Crippen molar-refractivity contribution >= 4 is 11.8 Å². The van der Waals surface area contributed by atoms with Gasteiger partial charge in [-0.1, -0.05) is 0 Å². The van der Waals surface area contributed by atoms with E-state index in [0.717, 1.165) is 44.3 Å². The van der Waals surface area contributed by atoms with Gasteiger partial charge < -0.3 is 15.8 Å². The van der Waals surface area contributed by atoms with E-state index in [1.807, 2.05) is 0 Å². The predicted molar refractivity (Wildman–Crippen MR) is 82.5 cm³/mol. The molecule has 2 aliphatic carbocycles. The fourth-order valence-electron chi connectivity index (χ4n) is 2.88. The smallest absolute Gasteiger partial charge is 0.248 e. The Balaban J connectivity index is 1.45. The van der Waals surface area contributed by atoms with Gasteiger partial charge in [0.1, 0.15) is 5.75 Å². The molecule has 118 valence electrons. The highest BCUT2D eigenvalue weighted by Crippen LogP contribution is 2.30. The van der Waals surface area contributed by atoms with Gasteiger partial charge in [-0.15, -0.1) is 0 Å². The van der Waals surface area contributed by atoms with Crippen molar-refractivity contribution in [2.75, 3.05) is 0 Å². The van der Waals surface area contributed by atoms with E-state index in [4.69, 9.17) is 10.5 Å². The van der Waals surface area contributed by atoms with Crippen LogP contribution in [-0.4, -0.2) is 24.0 Å². The summed E-state index contributed by atoms with van der Waals surface area (Å²) >= 11 is 0. The van der Waals surface area contributed by atoms with Crippen LogP contribution >= 0.6 is 0 Å². The van der Waals surface area contributed by atoms with Crippen molar-refractivity contribution in [1.82, 2.24) is 5.32 Å². The van der Waals surface area contributed by atoms with Gasteiger partial charge >= 0.3 is 0 Å². The minimum absolute atomic E-state index is 0.175. The van der Waals surface area contributed by atoms with E-state index in [2.05, 4.69) is 5.32 Å². The van der Waals surface area contributed by atoms with Gasteiger partial charge in [-0.25, -0.2) is 0 Å². The second-order valence-corrected chi connectivity index (χ2v) is 6.26. The average molecular weight is 302 g/mol. The molecule has 0 spiro atoms. The Kier molecular flexibility index (Phi) is 4.32. The van der Waals surface area contributed by atoms with Crippen molar-refractivity contribution in [3.05, 3.63) is 29.8 Å². The molecule has 0 atom stereocenters. The molecule has 1 aromatic rings. The van der Waals surface area contributed by atoms with Crippen molar-refractivity contribution in [2.45, 2.75) is 50.7 Å². The number of nitrogens with one attached hydrogen (secondary N) is 1. The number of hydrogen-bond donors (Lipinski definition) is 2. The van der Waals surface area contributed by atoms with Gasteiger partial charge in [-0.05, 0) is 62.8 Å². The first kappa shape index (κ1) is 14.9. The fourth-order valence-corrected chi connectivity index (χ4v) is 2.88. The summed E-state index contributed by atoms with van der Waals surface area (Å²) < 4.78 is 5.94. The molecule has 2 amide bonds. The highest BCUT2D eigenvalue weighted by molar-refractivity contribution is 5.92. The zero-order chi connectivity index (χ0) is 15.5. The molecule has 5 heteroatoms. The molecular weight excluding hydrogens is 280 g/mol. The Bertz CT molecular complexity index is 544. The number of benzene rings is 1. The van der Waals surface area contributed by atoms with Crippen molar-refractivity contribution in [3.8, 4) is 5.75 Å². The number of carbonyl (C=O) groups is 2. The molecule has 0 aromatic heterocycles. The van der Waals surface area contributed by atoms with Crippen LogP contribution in [0, 0.1) is 5.92 Å². The molecule has 3 N–H and O–H groups in total. The highest BCUT2D eigenvalue weighted by Gasteiger charge is 2.32. The number of amides is 2. The summed E-state index contributed by atoms with van der Waals surface area (Å²) in [5, 5.41) is 3.14. The van der Waals surface area contributed by atoms with Crippen LogP contribution in [0.4, 0.5) is 0 Å². The van der Waals surface area contributed by atoms with E-state index in [9.17, 15) is 9.59 Å². The van der Waals surface area contributed by atoms with Gasteiger partial charge in [0.05, 0.1) is 6.10 Å². The summed E-state index contributed by atoms with van der Waals surface area (Å²) in [6.45, 7) is 0. The first-order valence-electron chi connectivity index (χ1n) is 7.98. The lowest BCUT2D eigenvalue weighted by atomic mass is 9.92. The molecule has 5 nitrogen and oxygen atoms in total. The summed E-state index contributed by atoms with van der Waals surface area (Å²) in [6, 6.07) is 7.21. The van der Waals surface area contributed by atoms with E-state index < -0.39 is 5.91 Å². The van der Waals surface area contributed by atoms with Gasteiger partial charge in [0.25, 0.3) is 0 Å².